The van der Waals surface area contributed by atoms with Crippen molar-refractivity contribution >= 4 is 17.5 Å². The number of carbonyl (C=O) groups excluding carboxylic acids is 3. The fourth-order valence-corrected chi connectivity index (χ4v) is 3.41. The third kappa shape index (κ3) is 1.55. The highest BCUT2D eigenvalue weighted by molar-refractivity contribution is 6.28. The van der Waals surface area contributed by atoms with Crippen LogP contribution in [-0.4, -0.2) is 41.0 Å². The van der Waals surface area contributed by atoms with Crippen LogP contribution < -0.4 is 0 Å². The van der Waals surface area contributed by atoms with Crippen molar-refractivity contribution in [3.63, 3.8) is 0 Å². The predicted molar refractivity (Wildman–Crippen MR) is 72.6 cm³/mol. The highest BCUT2D eigenvalue weighted by Gasteiger charge is 2.51. The van der Waals surface area contributed by atoms with E-state index in [1.54, 1.807) is 6.92 Å². The molecule has 0 spiro atoms. The standard InChI is InChI=1S/C16H12O6/c1-6-11-13(16-9(21-6)5-10(18)22-16)14(19)7-3-2-4-8(17)12(7)15(11)20/h2-4,6,9,16-17H,5H2,1H3/t6-,9+,16-/m0/s1. The maximum atomic E-state index is 12.8. The lowest BCUT2D eigenvalue weighted by atomic mass is 9.77. The summed E-state index contributed by atoms with van der Waals surface area (Å²) in [6, 6.07) is 4.36. The molecule has 4 rings (SSSR count). The van der Waals surface area contributed by atoms with Crippen LogP contribution in [0.1, 0.15) is 34.1 Å². The molecule has 3 atom stereocenters. The van der Waals surface area contributed by atoms with E-state index < -0.39 is 30.1 Å². The van der Waals surface area contributed by atoms with Gasteiger partial charge < -0.3 is 14.6 Å². The Balaban J connectivity index is 1.95. The van der Waals surface area contributed by atoms with Crippen LogP contribution in [0.3, 0.4) is 0 Å². The summed E-state index contributed by atoms with van der Waals surface area (Å²) in [6.45, 7) is 1.66. The van der Waals surface area contributed by atoms with E-state index in [0.29, 0.717) is 0 Å². The highest BCUT2D eigenvalue weighted by atomic mass is 16.6. The van der Waals surface area contributed by atoms with E-state index in [1.807, 2.05) is 0 Å². The Bertz CT molecular complexity index is 775. The van der Waals surface area contributed by atoms with E-state index in [-0.39, 0.29) is 40.2 Å². The highest BCUT2D eigenvalue weighted by Crippen LogP contribution is 2.42. The first kappa shape index (κ1) is 13.2. The second kappa shape index (κ2) is 4.27. The maximum absolute atomic E-state index is 12.8. The number of ketones is 2. The van der Waals surface area contributed by atoms with Crippen LogP contribution in [0.15, 0.2) is 29.3 Å². The monoisotopic (exact) mass is 300 g/mol. The van der Waals surface area contributed by atoms with E-state index in [4.69, 9.17) is 9.47 Å². The molecule has 0 saturated carbocycles. The van der Waals surface area contributed by atoms with Crippen molar-refractivity contribution in [1.29, 1.82) is 0 Å². The number of ether oxygens (including phenoxy) is 2. The summed E-state index contributed by atoms with van der Waals surface area (Å²) >= 11 is 0. The Morgan fingerprint density at radius 1 is 1.14 bits per heavy atom. The van der Waals surface area contributed by atoms with Gasteiger partial charge in [0, 0.05) is 11.1 Å². The van der Waals surface area contributed by atoms with E-state index >= 15 is 0 Å². The van der Waals surface area contributed by atoms with Crippen molar-refractivity contribution in [2.75, 3.05) is 0 Å². The summed E-state index contributed by atoms with van der Waals surface area (Å²) in [5, 5.41) is 9.93. The first-order valence-corrected chi connectivity index (χ1v) is 6.99. The van der Waals surface area contributed by atoms with Gasteiger partial charge in [-0.05, 0) is 13.0 Å². The van der Waals surface area contributed by atoms with Crippen LogP contribution in [0.5, 0.6) is 5.75 Å². The van der Waals surface area contributed by atoms with Crippen molar-refractivity contribution in [2.45, 2.75) is 31.7 Å². The quantitative estimate of drug-likeness (QED) is 0.723. The minimum Gasteiger partial charge on any atom is -0.507 e. The van der Waals surface area contributed by atoms with Crippen molar-refractivity contribution in [1.82, 2.24) is 0 Å². The third-order valence-electron chi connectivity index (χ3n) is 4.33. The molecule has 112 valence electrons. The third-order valence-corrected chi connectivity index (χ3v) is 4.33. The van der Waals surface area contributed by atoms with E-state index in [0.717, 1.165) is 0 Å². The number of fused-ring (bicyclic) bond motifs is 3. The molecule has 1 N–H and O–H groups in total. The number of hydrogen-bond donors (Lipinski definition) is 1. The summed E-state index contributed by atoms with van der Waals surface area (Å²) < 4.78 is 10.9. The predicted octanol–water partition coefficient (Wildman–Crippen LogP) is 1.17. The molecule has 1 aromatic carbocycles. The maximum Gasteiger partial charge on any atom is 0.309 e. The average Bonchev–Trinajstić information content (AvgIpc) is 2.83. The largest absolute Gasteiger partial charge is 0.507 e. The second-order valence-corrected chi connectivity index (χ2v) is 5.62. The van der Waals surface area contributed by atoms with Gasteiger partial charge in [0.1, 0.15) is 11.9 Å². The number of rotatable bonds is 0. The average molecular weight is 300 g/mol. The fraction of sp³-hybridized carbons (Fsp3) is 0.312. The zero-order chi connectivity index (χ0) is 15.6. The minimum absolute atomic E-state index is 0.00975. The molecule has 2 heterocycles. The molecule has 6 nitrogen and oxygen atoms in total. The molecule has 1 saturated heterocycles. The number of benzene rings is 1. The number of phenolic OH excluding ortho intramolecular Hbond substituents is 1. The first-order chi connectivity index (χ1) is 10.5. The summed E-state index contributed by atoms with van der Waals surface area (Å²) in [5.41, 5.74) is 0.497. The van der Waals surface area contributed by atoms with Gasteiger partial charge in [-0.3, -0.25) is 14.4 Å². The Labute approximate surface area is 125 Å². The lowest BCUT2D eigenvalue weighted by Gasteiger charge is -2.35. The molecule has 1 fully saturated rings. The minimum atomic E-state index is -0.842. The molecule has 0 aromatic heterocycles. The van der Waals surface area contributed by atoms with Gasteiger partial charge in [0.2, 0.25) is 0 Å². The van der Waals surface area contributed by atoms with E-state index in [1.165, 1.54) is 18.2 Å². The number of hydrogen-bond acceptors (Lipinski definition) is 6. The molecule has 22 heavy (non-hydrogen) atoms. The van der Waals surface area contributed by atoms with Crippen LogP contribution in [0.25, 0.3) is 0 Å². The van der Waals surface area contributed by atoms with Crippen molar-refractivity contribution in [2.24, 2.45) is 0 Å². The van der Waals surface area contributed by atoms with E-state index in [9.17, 15) is 19.5 Å². The lowest BCUT2D eigenvalue weighted by Crippen LogP contribution is -2.44. The molecule has 0 bridgehead atoms. The zero-order valence-electron chi connectivity index (χ0n) is 11.7. The van der Waals surface area contributed by atoms with Gasteiger partial charge in [0.15, 0.2) is 17.7 Å². The Morgan fingerprint density at radius 3 is 2.68 bits per heavy atom. The molecule has 0 unspecified atom stereocenters. The molecule has 0 amide bonds. The summed E-state index contributed by atoms with van der Waals surface area (Å²) in [7, 11) is 0. The number of esters is 1. The van der Waals surface area contributed by atoms with Gasteiger partial charge >= 0.3 is 5.97 Å². The normalized spacial score (nSPS) is 29.9. The van der Waals surface area contributed by atoms with Crippen LogP contribution in [0.2, 0.25) is 0 Å². The molecular formula is C16H12O6. The molecule has 2 aliphatic heterocycles. The Kier molecular flexibility index (Phi) is 2.56. The van der Waals surface area contributed by atoms with Crippen molar-refractivity contribution < 1.29 is 29.0 Å². The molecule has 0 radical (unpaired) electrons. The van der Waals surface area contributed by atoms with Crippen LogP contribution in [-0.2, 0) is 14.3 Å². The van der Waals surface area contributed by atoms with Gasteiger partial charge in [0.05, 0.1) is 23.7 Å². The number of aromatic hydroxyl groups is 1. The summed E-state index contributed by atoms with van der Waals surface area (Å²) in [5.74, 6) is -1.52. The molecule has 1 aromatic rings. The second-order valence-electron chi connectivity index (χ2n) is 5.62. The Hall–Kier alpha value is -2.47. The van der Waals surface area contributed by atoms with Gasteiger partial charge in [-0.25, -0.2) is 0 Å². The van der Waals surface area contributed by atoms with Crippen molar-refractivity contribution in [3.8, 4) is 5.75 Å². The van der Waals surface area contributed by atoms with Gasteiger partial charge in [-0.1, -0.05) is 12.1 Å². The van der Waals surface area contributed by atoms with Gasteiger partial charge in [-0.15, -0.1) is 0 Å². The Morgan fingerprint density at radius 2 is 1.91 bits per heavy atom. The summed E-state index contributed by atoms with van der Waals surface area (Å²) in [6.07, 6.45) is -1.95. The number of carbonyl (C=O) groups is 3. The van der Waals surface area contributed by atoms with Crippen LogP contribution >= 0.6 is 0 Å². The SMILES string of the molecule is C[C@@H]1O[C@@H]2CC(=O)O[C@@H]2C2=C1C(=O)c1c(O)cccc1C2=O. The zero-order valence-corrected chi connectivity index (χ0v) is 11.7. The summed E-state index contributed by atoms with van der Waals surface area (Å²) in [4.78, 5) is 37.0. The van der Waals surface area contributed by atoms with Gasteiger partial charge in [0.25, 0.3) is 0 Å². The first-order valence-electron chi connectivity index (χ1n) is 6.99. The molecule has 3 aliphatic rings. The smallest absolute Gasteiger partial charge is 0.309 e. The molecule has 1 aliphatic carbocycles. The van der Waals surface area contributed by atoms with Gasteiger partial charge in [-0.2, -0.15) is 0 Å². The lowest BCUT2D eigenvalue weighted by molar-refractivity contribution is -0.140. The number of phenols is 1. The topological polar surface area (TPSA) is 89.9 Å². The van der Waals surface area contributed by atoms with E-state index in [2.05, 4.69) is 0 Å². The fourth-order valence-electron chi connectivity index (χ4n) is 3.41. The van der Waals surface area contributed by atoms with Crippen LogP contribution in [0, 0.1) is 0 Å². The molecular weight excluding hydrogens is 288 g/mol. The van der Waals surface area contributed by atoms with Crippen molar-refractivity contribution in [3.05, 3.63) is 40.5 Å². The molecule has 6 heteroatoms. The van der Waals surface area contributed by atoms with Crippen LogP contribution in [0.4, 0.5) is 0 Å². The number of Topliss-reactive ketones (excluding diaryl/α,β-unsaturated/α-hetero) is 2.